The van der Waals surface area contributed by atoms with Gasteiger partial charge in [0.1, 0.15) is 0 Å². The maximum atomic E-state index is 11.7. The van der Waals surface area contributed by atoms with Crippen LogP contribution in [0.2, 0.25) is 0 Å². The molecule has 1 amide bonds. The van der Waals surface area contributed by atoms with E-state index in [4.69, 9.17) is 0 Å². The lowest BCUT2D eigenvalue weighted by Gasteiger charge is -2.21. The summed E-state index contributed by atoms with van der Waals surface area (Å²) in [5.41, 5.74) is 1.82. The highest BCUT2D eigenvalue weighted by Gasteiger charge is 2.07. The van der Waals surface area contributed by atoms with Gasteiger partial charge in [-0.05, 0) is 63.5 Å². The third kappa shape index (κ3) is 8.91. The van der Waals surface area contributed by atoms with Gasteiger partial charge in [0.05, 0.1) is 0 Å². The molecule has 152 valence electrons. The van der Waals surface area contributed by atoms with Crippen LogP contribution in [0.5, 0.6) is 0 Å². The first kappa shape index (κ1) is 23.0. The minimum atomic E-state index is -0.0548. The molecule has 0 aromatic heterocycles. The summed E-state index contributed by atoms with van der Waals surface area (Å²) in [4.78, 5) is 18.5. The van der Waals surface area contributed by atoms with Gasteiger partial charge in [0.2, 0.25) is 0 Å². The van der Waals surface area contributed by atoms with Crippen molar-refractivity contribution < 1.29 is 4.79 Å². The van der Waals surface area contributed by atoms with Crippen LogP contribution in [-0.4, -0.2) is 63.1 Å². The fraction of sp³-hybridized carbons (Fsp3) is 0.619. The Labute approximate surface area is 164 Å². The SMILES string of the molecule is CCN(CC)CCCC(C)NC(=NC)NCCc1cccc(C(=O)NC)c1. The molecule has 1 aromatic rings. The minimum Gasteiger partial charge on any atom is -0.356 e. The topological polar surface area (TPSA) is 68.8 Å². The number of guanidine groups is 1. The lowest BCUT2D eigenvalue weighted by Crippen LogP contribution is -2.43. The Kier molecular flexibility index (Phi) is 11.2. The second-order valence-electron chi connectivity index (χ2n) is 6.74. The number of hydrogen-bond donors (Lipinski definition) is 3. The van der Waals surface area contributed by atoms with Crippen LogP contribution in [0.1, 0.15) is 49.5 Å². The summed E-state index contributed by atoms with van der Waals surface area (Å²) in [6.07, 6.45) is 3.13. The molecule has 0 radical (unpaired) electrons. The first-order valence-electron chi connectivity index (χ1n) is 10.0. The van der Waals surface area contributed by atoms with E-state index in [0.29, 0.717) is 11.6 Å². The molecule has 1 aromatic carbocycles. The Hall–Kier alpha value is -2.08. The van der Waals surface area contributed by atoms with E-state index in [-0.39, 0.29) is 5.91 Å². The second-order valence-corrected chi connectivity index (χ2v) is 6.74. The molecule has 3 N–H and O–H groups in total. The van der Waals surface area contributed by atoms with Crippen LogP contribution < -0.4 is 16.0 Å². The van der Waals surface area contributed by atoms with Crippen molar-refractivity contribution >= 4 is 11.9 Å². The number of aliphatic imine (C=N–C) groups is 1. The molecule has 0 aliphatic rings. The third-order valence-corrected chi connectivity index (χ3v) is 4.73. The highest BCUT2D eigenvalue weighted by Crippen LogP contribution is 2.06. The van der Waals surface area contributed by atoms with Crippen molar-refractivity contribution in [2.75, 3.05) is 40.3 Å². The zero-order chi connectivity index (χ0) is 20.1. The lowest BCUT2D eigenvalue weighted by atomic mass is 10.1. The van der Waals surface area contributed by atoms with E-state index in [0.717, 1.165) is 50.5 Å². The van der Waals surface area contributed by atoms with E-state index >= 15 is 0 Å². The number of nitrogens with zero attached hydrogens (tertiary/aromatic N) is 2. The largest absolute Gasteiger partial charge is 0.356 e. The van der Waals surface area contributed by atoms with Crippen LogP contribution in [0.4, 0.5) is 0 Å². The normalized spacial score (nSPS) is 12.7. The van der Waals surface area contributed by atoms with Crippen LogP contribution in [0, 0.1) is 0 Å². The molecule has 0 saturated carbocycles. The molecule has 1 rings (SSSR count). The maximum Gasteiger partial charge on any atom is 0.251 e. The van der Waals surface area contributed by atoms with Crippen molar-refractivity contribution in [2.45, 2.75) is 46.1 Å². The molecule has 0 fully saturated rings. The molecule has 27 heavy (non-hydrogen) atoms. The Bertz CT molecular complexity index is 584. The van der Waals surface area contributed by atoms with E-state index in [1.807, 2.05) is 24.3 Å². The lowest BCUT2D eigenvalue weighted by molar-refractivity contribution is 0.0963. The van der Waals surface area contributed by atoms with Gasteiger partial charge in [0, 0.05) is 32.2 Å². The smallest absolute Gasteiger partial charge is 0.251 e. The molecule has 0 aliphatic carbocycles. The van der Waals surface area contributed by atoms with Gasteiger partial charge >= 0.3 is 0 Å². The number of hydrogen-bond acceptors (Lipinski definition) is 3. The molecule has 0 aliphatic heterocycles. The van der Waals surface area contributed by atoms with Gasteiger partial charge in [-0.25, -0.2) is 0 Å². The monoisotopic (exact) mass is 375 g/mol. The summed E-state index contributed by atoms with van der Waals surface area (Å²) >= 11 is 0. The molecule has 0 saturated heterocycles. The Morgan fingerprint density at radius 2 is 2.00 bits per heavy atom. The molecule has 0 spiro atoms. The van der Waals surface area contributed by atoms with Crippen molar-refractivity contribution in [3.8, 4) is 0 Å². The van der Waals surface area contributed by atoms with E-state index in [1.165, 1.54) is 6.42 Å². The van der Waals surface area contributed by atoms with Gasteiger partial charge in [0.15, 0.2) is 5.96 Å². The molecule has 0 bridgehead atoms. The number of carbonyl (C=O) groups is 1. The second kappa shape index (κ2) is 13.1. The Morgan fingerprint density at radius 1 is 1.26 bits per heavy atom. The number of rotatable bonds is 11. The summed E-state index contributed by atoms with van der Waals surface area (Å²) in [7, 11) is 3.44. The third-order valence-electron chi connectivity index (χ3n) is 4.73. The quantitative estimate of drug-likeness (QED) is 0.410. The van der Waals surface area contributed by atoms with Gasteiger partial charge in [-0.3, -0.25) is 9.79 Å². The van der Waals surface area contributed by atoms with Gasteiger partial charge in [-0.1, -0.05) is 26.0 Å². The van der Waals surface area contributed by atoms with E-state index < -0.39 is 0 Å². The van der Waals surface area contributed by atoms with Gasteiger partial charge in [0.25, 0.3) is 5.91 Å². The number of benzene rings is 1. The minimum absolute atomic E-state index is 0.0548. The number of amides is 1. The maximum absolute atomic E-state index is 11.7. The fourth-order valence-electron chi connectivity index (χ4n) is 3.00. The Balaban J connectivity index is 2.36. The van der Waals surface area contributed by atoms with Crippen LogP contribution in [0.25, 0.3) is 0 Å². The standard InChI is InChI=1S/C21H37N5O/c1-6-26(7-2)15-9-10-17(3)25-21(23-5)24-14-13-18-11-8-12-19(16-18)20(27)22-4/h8,11-12,16-17H,6-7,9-10,13-15H2,1-5H3,(H,22,27)(H2,23,24,25). The molecule has 6 nitrogen and oxygen atoms in total. The van der Waals surface area contributed by atoms with Crippen molar-refractivity contribution in [2.24, 2.45) is 4.99 Å². The number of nitrogens with one attached hydrogen (secondary N) is 3. The molecule has 6 heteroatoms. The molecule has 1 unspecified atom stereocenters. The van der Waals surface area contributed by atoms with Crippen molar-refractivity contribution in [3.05, 3.63) is 35.4 Å². The molecule has 0 heterocycles. The van der Waals surface area contributed by atoms with Crippen molar-refractivity contribution in [3.63, 3.8) is 0 Å². The summed E-state index contributed by atoms with van der Waals surface area (Å²) < 4.78 is 0. The van der Waals surface area contributed by atoms with Crippen LogP contribution in [0.15, 0.2) is 29.3 Å². The van der Waals surface area contributed by atoms with Crippen LogP contribution in [0.3, 0.4) is 0 Å². The van der Waals surface area contributed by atoms with E-state index in [1.54, 1.807) is 14.1 Å². The average molecular weight is 376 g/mol. The first-order chi connectivity index (χ1) is 13.0. The average Bonchev–Trinajstić information content (AvgIpc) is 2.70. The highest BCUT2D eigenvalue weighted by molar-refractivity contribution is 5.94. The highest BCUT2D eigenvalue weighted by atomic mass is 16.1. The molecular formula is C21H37N5O. The predicted octanol–water partition coefficient (Wildman–Crippen LogP) is 2.26. The van der Waals surface area contributed by atoms with Gasteiger partial charge in [-0.2, -0.15) is 0 Å². The number of carbonyl (C=O) groups excluding carboxylic acids is 1. The van der Waals surface area contributed by atoms with Crippen molar-refractivity contribution in [1.29, 1.82) is 0 Å². The van der Waals surface area contributed by atoms with Gasteiger partial charge in [-0.15, -0.1) is 0 Å². The predicted molar refractivity (Wildman–Crippen MR) is 115 cm³/mol. The van der Waals surface area contributed by atoms with Crippen LogP contribution in [-0.2, 0) is 6.42 Å². The molecule has 1 atom stereocenters. The Morgan fingerprint density at radius 3 is 2.63 bits per heavy atom. The van der Waals surface area contributed by atoms with E-state index in [9.17, 15) is 4.79 Å². The molecular weight excluding hydrogens is 338 g/mol. The summed E-state index contributed by atoms with van der Waals surface area (Å²) in [5, 5.41) is 9.48. The summed E-state index contributed by atoms with van der Waals surface area (Å²) in [6, 6.07) is 8.11. The van der Waals surface area contributed by atoms with Crippen molar-refractivity contribution in [1.82, 2.24) is 20.9 Å². The van der Waals surface area contributed by atoms with E-state index in [2.05, 4.69) is 46.6 Å². The first-order valence-corrected chi connectivity index (χ1v) is 10.0. The van der Waals surface area contributed by atoms with Crippen LogP contribution >= 0.6 is 0 Å². The zero-order valence-electron chi connectivity index (χ0n) is 17.6. The summed E-state index contributed by atoms with van der Waals surface area (Å²) in [5.74, 6) is 0.772. The summed E-state index contributed by atoms with van der Waals surface area (Å²) in [6.45, 7) is 10.8. The zero-order valence-corrected chi connectivity index (χ0v) is 17.6. The van der Waals surface area contributed by atoms with Gasteiger partial charge < -0.3 is 20.9 Å². The fourth-order valence-corrected chi connectivity index (χ4v) is 3.00.